The van der Waals surface area contributed by atoms with Crippen LogP contribution in [0.4, 0.5) is 5.69 Å². The van der Waals surface area contributed by atoms with Crippen LogP contribution in [0, 0.1) is 0 Å². The van der Waals surface area contributed by atoms with E-state index in [0.717, 1.165) is 19.5 Å². The van der Waals surface area contributed by atoms with Crippen molar-refractivity contribution in [1.29, 1.82) is 0 Å². The van der Waals surface area contributed by atoms with Gasteiger partial charge >= 0.3 is 37.9 Å². The van der Waals surface area contributed by atoms with Gasteiger partial charge in [0.2, 0.25) is 0 Å². The first-order valence-electron chi connectivity index (χ1n) is 10.3. The van der Waals surface area contributed by atoms with Crippen LogP contribution in [0.15, 0.2) is 103 Å². The van der Waals surface area contributed by atoms with Crippen molar-refractivity contribution in [2.75, 3.05) is 4.90 Å². The van der Waals surface area contributed by atoms with Crippen molar-refractivity contribution in [3.8, 4) is 11.1 Å². The minimum Gasteiger partial charge on any atom is -0.363 e. The number of fused-ring (bicyclic) bond motifs is 3. The predicted molar refractivity (Wildman–Crippen MR) is 129 cm³/mol. The molecule has 0 fully saturated rings. The normalized spacial score (nSPS) is 11.0. The molecule has 31 heavy (non-hydrogen) atoms. The Kier molecular flexibility index (Phi) is 8.03. The van der Waals surface area contributed by atoms with Crippen LogP contribution < -0.4 is 4.90 Å². The molecular weight excluding hydrogens is 500 g/mol. The maximum absolute atomic E-state index is 4.93. The Bertz CT molecular complexity index is 1070. The summed E-state index contributed by atoms with van der Waals surface area (Å²) < 4.78 is 0. The van der Waals surface area contributed by atoms with Gasteiger partial charge in [-0.3, -0.25) is 0 Å². The molecular formula is C27H23Cl2NZr. The van der Waals surface area contributed by atoms with Crippen LogP contribution in [0.2, 0.25) is 0 Å². The maximum atomic E-state index is 4.93. The molecule has 5 rings (SSSR count). The van der Waals surface area contributed by atoms with Gasteiger partial charge in [0, 0.05) is 18.8 Å². The average Bonchev–Trinajstić information content (AvgIpc) is 3.18. The third-order valence-electron chi connectivity index (χ3n) is 5.57. The zero-order chi connectivity index (χ0) is 21.5. The molecule has 0 saturated heterocycles. The van der Waals surface area contributed by atoms with E-state index in [0.29, 0.717) is 0 Å². The predicted octanol–water partition coefficient (Wildman–Crippen LogP) is 7.84. The van der Waals surface area contributed by atoms with Crippen molar-refractivity contribution in [1.82, 2.24) is 0 Å². The van der Waals surface area contributed by atoms with Crippen molar-refractivity contribution >= 4 is 22.7 Å². The molecule has 0 heterocycles. The minimum atomic E-state index is -0.826. The minimum absolute atomic E-state index is 0.826. The van der Waals surface area contributed by atoms with E-state index in [1.165, 1.54) is 39.1 Å². The molecule has 1 aliphatic carbocycles. The Labute approximate surface area is 203 Å². The van der Waals surface area contributed by atoms with Crippen LogP contribution in [0.1, 0.15) is 22.3 Å². The Balaban J connectivity index is 0.000000730. The number of benzene rings is 4. The Morgan fingerprint density at radius 2 is 1.13 bits per heavy atom. The topological polar surface area (TPSA) is 3.24 Å². The zero-order valence-corrected chi connectivity index (χ0v) is 21.1. The van der Waals surface area contributed by atoms with Crippen LogP contribution in [0.25, 0.3) is 11.1 Å². The third kappa shape index (κ3) is 5.69. The number of halogens is 2. The summed E-state index contributed by atoms with van der Waals surface area (Å²) in [5.41, 5.74) is 9.61. The molecule has 0 atom stereocenters. The molecule has 0 N–H and O–H groups in total. The molecule has 0 radical (unpaired) electrons. The molecule has 0 bridgehead atoms. The van der Waals surface area contributed by atoms with Crippen molar-refractivity contribution in [2.24, 2.45) is 0 Å². The average molecular weight is 524 g/mol. The Morgan fingerprint density at radius 3 is 1.74 bits per heavy atom. The molecule has 1 nitrogen and oxygen atoms in total. The molecule has 0 unspecified atom stereocenters. The monoisotopic (exact) mass is 521 g/mol. The van der Waals surface area contributed by atoms with E-state index in [2.05, 4.69) is 108 Å². The molecule has 4 heteroatoms. The summed E-state index contributed by atoms with van der Waals surface area (Å²) in [6.45, 7) is 1.81. The number of anilines is 1. The number of nitrogens with zero attached hydrogens (tertiary/aromatic N) is 1. The fraction of sp³-hybridized carbons (Fsp3) is 0.111. The second-order valence-corrected chi connectivity index (χ2v) is 11.3. The van der Waals surface area contributed by atoms with Gasteiger partial charge in [-0.25, -0.2) is 0 Å². The number of rotatable bonds is 5. The van der Waals surface area contributed by atoms with Crippen LogP contribution in [-0.2, 0) is 40.4 Å². The van der Waals surface area contributed by atoms with Crippen molar-refractivity contribution < 1.29 is 20.8 Å². The first-order valence-corrected chi connectivity index (χ1v) is 16.6. The van der Waals surface area contributed by atoms with Crippen LogP contribution >= 0.6 is 17.0 Å². The summed E-state index contributed by atoms with van der Waals surface area (Å²) in [6, 6.07) is 37.2. The van der Waals surface area contributed by atoms with Crippen LogP contribution in [0.3, 0.4) is 0 Å². The Morgan fingerprint density at radius 1 is 0.613 bits per heavy atom. The molecule has 0 amide bonds. The summed E-state index contributed by atoms with van der Waals surface area (Å²) in [7, 11) is 9.87. The summed E-state index contributed by atoms with van der Waals surface area (Å²) >= 11 is -0.826. The van der Waals surface area contributed by atoms with E-state index in [-0.39, 0.29) is 0 Å². The van der Waals surface area contributed by atoms with Gasteiger partial charge in [0.25, 0.3) is 0 Å². The van der Waals surface area contributed by atoms with Crippen LogP contribution in [-0.4, -0.2) is 0 Å². The Hall–Kier alpha value is -1.86. The standard InChI is InChI=1S/C27H23N.2ClH.Zr/c1-3-9-21(10-4-1)19-28(20-22-11-5-2-6-12-22)25-15-16-27-24(18-25)17-23-13-7-8-14-26(23)27;;;/h1-16,18H,17,19-20H2;2*1H;/q;;;+2/p-2. The fourth-order valence-corrected chi connectivity index (χ4v) is 4.17. The second kappa shape index (κ2) is 11.1. The van der Waals surface area contributed by atoms with Gasteiger partial charge in [-0.15, -0.1) is 0 Å². The molecule has 154 valence electrons. The summed E-state index contributed by atoms with van der Waals surface area (Å²) in [6.07, 6.45) is 1.03. The van der Waals surface area contributed by atoms with Crippen molar-refractivity contribution in [3.63, 3.8) is 0 Å². The molecule has 0 saturated carbocycles. The SMILES string of the molecule is [Cl][Zr][Cl].c1ccc(CN(Cc2ccccc2)c2ccc3c(c2)Cc2ccccc2-3)cc1. The maximum Gasteiger partial charge on any atom is 0.0433 e. The van der Waals surface area contributed by atoms with E-state index in [9.17, 15) is 0 Å². The molecule has 0 aliphatic heterocycles. The van der Waals surface area contributed by atoms with Gasteiger partial charge in [-0.2, -0.15) is 0 Å². The van der Waals surface area contributed by atoms with Gasteiger partial charge in [0.15, 0.2) is 0 Å². The van der Waals surface area contributed by atoms with Gasteiger partial charge < -0.3 is 4.90 Å². The summed E-state index contributed by atoms with van der Waals surface area (Å²) in [5.74, 6) is 0. The smallest absolute Gasteiger partial charge is 0.0433 e. The van der Waals surface area contributed by atoms with E-state index < -0.39 is 20.8 Å². The van der Waals surface area contributed by atoms with Gasteiger partial charge in [-0.05, 0) is 51.9 Å². The van der Waals surface area contributed by atoms with E-state index >= 15 is 0 Å². The molecule has 0 aromatic heterocycles. The van der Waals surface area contributed by atoms with E-state index in [4.69, 9.17) is 17.0 Å². The fourth-order valence-electron chi connectivity index (χ4n) is 4.17. The molecule has 4 aromatic rings. The number of hydrogen-bond acceptors (Lipinski definition) is 1. The summed E-state index contributed by atoms with van der Waals surface area (Å²) in [5, 5.41) is 0. The van der Waals surface area contributed by atoms with E-state index in [1.54, 1.807) is 0 Å². The quantitative estimate of drug-likeness (QED) is 0.227. The second-order valence-electron chi connectivity index (χ2n) is 7.57. The van der Waals surface area contributed by atoms with E-state index in [1.807, 2.05) is 0 Å². The van der Waals surface area contributed by atoms with Gasteiger partial charge in [0.1, 0.15) is 0 Å². The van der Waals surface area contributed by atoms with Crippen LogP contribution in [0.5, 0.6) is 0 Å². The molecule has 0 spiro atoms. The van der Waals surface area contributed by atoms with Crippen molar-refractivity contribution in [2.45, 2.75) is 19.5 Å². The van der Waals surface area contributed by atoms with Gasteiger partial charge in [-0.1, -0.05) is 91.0 Å². The zero-order valence-electron chi connectivity index (χ0n) is 17.1. The largest absolute Gasteiger partial charge is 0.363 e. The first kappa shape index (κ1) is 22.3. The first-order chi connectivity index (χ1) is 15.3. The molecule has 1 aliphatic rings. The van der Waals surface area contributed by atoms with Gasteiger partial charge in [0.05, 0.1) is 0 Å². The number of hydrogen-bond donors (Lipinski definition) is 0. The van der Waals surface area contributed by atoms with Crippen molar-refractivity contribution in [3.05, 3.63) is 125 Å². The third-order valence-corrected chi connectivity index (χ3v) is 5.57. The molecule has 4 aromatic carbocycles. The summed E-state index contributed by atoms with van der Waals surface area (Å²) in [4.78, 5) is 2.48.